The number of carboxylic acids is 1. The van der Waals surface area contributed by atoms with Crippen LogP contribution in [0, 0.1) is 11.7 Å². The second-order valence-corrected chi connectivity index (χ2v) is 6.62. The zero-order valence-corrected chi connectivity index (χ0v) is 14.8. The molecule has 1 saturated heterocycles. The third-order valence-corrected chi connectivity index (χ3v) is 4.63. The monoisotopic (exact) mass is 394 g/mol. The standard InChI is InChI=1S/C18H16ClFN2O5/c19-13-4-3-10(6-14(13)20)16(18(25)26)21-17(24)11-7-15(23)22(8-11)9-12-2-1-5-27-12/h1-6,11,16H,7-9H2,(H,21,24)(H,25,26). The van der Waals surface area contributed by atoms with Crippen molar-refractivity contribution >= 4 is 29.4 Å². The van der Waals surface area contributed by atoms with Gasteiger partial charge >= 0.3 is 5.97 Å². The Bertz CT molecular complexity index is 871. The van der Waals surface area contributed by atoms with Crippen molar-refractivity contribution in [3.8, 4) is 0 Å². The van der Waals surface area contributed by atoms with Crippen molar-refractivity contribution in [3.05, 3.63) is 58.8 Å². The zero-order chi connectivity index (χ0) is 19.6. The summed E-state index contributed by atoms with van der Waals surface area (Å²) in [7, 11) is 0. The molecule has 142 valence electrons. The number of aliphatic carboxylic acids is 1. The van der Waals surface area contributed by atoms with Gasteiger partial charge in [-0.3, -0.25) is 9.59 Å². The van der Waals surface area contributed by atoms with Gasteiger partial charge in [-0.1, -0.05) is 17.7 Å². The van der Waals surface area contributed by atoms with Crippen LogP contribution < -0.4 is 5.32 Å². The van der Waals surface area contributed by atoms with Gasteiger partial charge in [-0.25, -0.2) is 9.18 Å². The van der Waals surface area contributed by atoms with Crippen LogP contribution in [0.15, 0.2) is 41.0 Å². The summed E-state index contributed by atoms with van der Waals surface area (Å²) in [5, 5.41) is 11.6. The third-order valence-electron chi connectivity index (χ3n) is 4.32. The molecule has 2 heterocycles. The molecule has 1 fully saturated rings. The van der Waals surface area contributed by atoms with E-state index in [1.165, 1.54) is 23.3 Å². The number of nitrogens with zero attached hydrogens (tertiary/aromatic N) is 1. The minimum absolute atomic E-state index is 0.0339. The lowest BCUT2D eigenvalue weighted by Crippen LogP contribution is -2.38. The van der Waals surface area contributed by atoms with Crippen LogP contribution in [-0.2, 0) is 20.9 Å². The molecule has 0 radical (unpaired) electrons. The van der Waals surface area contributed by atoms with E-state index in [1.807, 2.05) is 0 Å². The van der Waals surface area contributed by atoms with Gasteiger partial charge in [-0.2, -0.15) is 0 Å². The number of hydrogen-bond acceptors (Lipinski definition) is 4. The molecule has 0 aliphatic carbocycles. The van der Waals surface area contributed by atoms with Crippen molar-refractivity contribution in [1.82, 2.24) is 10.2 Å². The Morgan fingerprint density at radius 1 is 1.41 bits per heavy atom. The normalized spacial score (nSPS) is 17.8. The molecule has 3 rings (SSSR count). The first kappa shape index (κ1) is 18.9. The van der Waals surface area contributed by atoms with Crippen LogP contribution in [-0.4, -0.2) is 34.3 Å². The van der Waals surface area contributed by atoms with Gasteiger partial charge in [0.25, 0.3) is 0 Å². The van der Waals surface area contributed by atoms with Crippen LogP contribution in [0.3, 0.4) is 0 Å². The molecular weight excluding hydrogens is 379 g/mol. The van der Waals surface area contributed by atoms with Gasteiger partial charge < -0.3 is 19.7 Å². The number of likely N-dealkylation sites (tertiary alicyclic amines) is 1. The fraction of sp³-hybridized carbons (Fsp3) is 0.278. The van der Waals surface area contributed by atoms with Crippen molar-refractivity contribution in [3.63, 3.8) is 0 Å². The Labute approximate surface area is 158 Å². The van der Waals surface area contributed by atoms with Crippen LogP contribution in [0.4, 0.5) is 4.39 Å². The number of carboxylic acid groups (broad SMARTS) is 1. The summed E-state index contributed by atoms with van der Waals surface area (Å²) in [5.41, 5.74) is 0.0505. The Hall–Kier alpha value is -2.87. The maximum Gasteiger partial charge on any atom is 0.330 e. The number of halogens is 2. The van der Waals surface area contributed by atoms with Crippen LogP contribution in [0.1, 0.15) is 23.8 Å². The van der Waals surface area contributed by atoms with Gasteiger partial charge in [0.15, 0.2) is 6.04 Å². The van der Waals surface area contributed by atoms with E-state index >= 15 is 0 Å². The SMILES string of the molecule is O=C(NC(C(=O)O)c1ccc(Cl)c(F)c1)C1CC(=O)N(Cc2ccco2)C1. The molecule has 2 atom stereocenters. The van der Waals surface area contributed by atoms with E-state index < -0.39 is 29.7 Å². The molecule has 0 saturated carbocycles. The summed E-state index contributed by atoms with van der Waals surface area (Å²) in [6.07, 6.45) is 1.45. The van der Waals surface area contributed by atoms with Gasteiger partial charge in [0.1, 0.15) is 11.6 Å². The molecule has 2 aromatic rings. The number of amides is 2. The van der Waals surface area contributed by atoms with Crippen LogP contribution in [0.5, 0.6) is 0 Å². The molecule has 2 amide bonds. The minimum atomic E-state index is -1.45. The molecule has 1 aliphatic rings. The fourth-order valence-electron chi connectivity index (χ4n) is 2.93. The largest absolute Gasteiger partial charge is 0.479 e. The molecule has 1 aliphatic heterocycles. The van der Waals surface area contributed by atoms with Gasteiger partial charge in [-0.15, -0.1) is 0 Å². The first-order valence-corrected chi connectivity index (χ1v) is 8.51. The number of benzene rings is 1. The number of carbonyl (C=O) groups excluding carboxylic acids is 2. The van der Waals surface area contributed by atoms with Gasteiger partial charge in [0.2, 0.25) is 11.8 Å². The highest BCUT2D eigenvalue weighted by atomic mass is 35.5. The van der Waals surface area contributed by atoms with E-state index in [9.17, 15) is 23.9 Å². The topological polar surface area (TPSA) is 99.8 Å². The zero-order valence-electron chi connectivity index (χ0n) is 14.0. The lowest BCUT2D eigenvalue weighted by molar-refractivity contribution is -0.142. The molecular formula is C18H16ClFN2O5. The highest BCUT2D eigenvalue weighted by Crippen LogP contribution is 2.24. The summed E-state index contributed by atoms with van der Waals surface area (Å²) < 4.78 is 18.8. The molecule has 1 aromatic heterocycles. The highest BCUT2D eigenvalue weighted by molar-refractivity contribution is 6.30. The molecule has 27 heavy (non-hydrogen) atoms. The Morgan fingerprint density at radius 3 is 2.81 bits per heavy atom. The molecule has 2 N–H and O–H groups in total. The van der Waals surface area contributed by atoms with Crippen molar-refractivity contribution in [1.29, 1.82) is 0 Å². The maximum atomic E-state index is 13.6. The predicted molar refractivity (Wildman–Crippen MR) is 92.2 cm³/mol. The van der Waals surface area contributed by atoms with E-state index in [2.05, 4.69) is 5.32 Å². The summed E-state index contributed by atoms with van der Waals surface area (Å²) in [6.45, 7) is 0.382. The summed E-state index contributed by atoms with van der Waals surface area (Å²) in [4.78, 5) is 37.6. The average molecular weight is 395 g/mol. The summed E-state index contributed by atoms with van der Waals surface area (Å²) in [5.74, 6) is -3.06. The van der Waals surface area contributed by atoms with E-state index in [0.29, 0.717) is 5.76 Å². The number of rotatable bonds is 6. The highest BCUT2D eigenvalue weighted by Gasteiger charge is 2.36. The number of carbonyl (C=O) groups is 3. The van der Waals surface area contributed by atoms with Gasteiger partial charge in [-0.05, 0) is 29.8 Å². The number of furan rings is 1. The van der Waals surface area contributed by atoms with Crippen molar-refractivity contribution in [2.24, 2.45) is 5.92 Å². The average Bonchev–Trinajstić information content (AvgIpc) is 3.25. The lowest BCUT2D eigenvalue weighted by Gasteiger charge is -2.18. The second-order valence-electron chi connectivity index (χ2n) is 6.21. The molecule has 1 aromatic carbocycles. The van der Waals surface area contributed by atoms with E-state index in [0.717, 1.165) is 6.07 Å². The second kappa shape index (κ2) is 7.79. The smallest absolute Gasteiger partial charge is 0.330 e. The number of nitrogens with one attached hydrogen (secondary N) is 1. The van der Waals surface area contributed by atoms with Gasteiger partial charge in [0, 0.05) is 13.0 Å². The molecule has 9 heteroatoms. The maximum absolute atomic E-state index is 13.6. The first-order valence-electron chi connectivity index (χ1n) is 8.13. The van der Waals surface area contributed by atoms with Crippen LogP contribution >= 0.6 is 11.6 Å². The lowest BCUT2D eigenvalue weighted by atomic mass is 10.0. The van der Waals surface area contributed by atoms with Gasteiger partial charge in [0.05, 0.1) is 23.7 Å². The quantitative estimate of drug-likeness (QED) is 0.783. The predicted octanol–water partition coefficient (Wildman–Crippen LogP) is 2.36. The van der Waals surface area contributed by atoms with E-state index in [-0.39, 0.29) is 36.0 Å². The molecule has 2 unspecified atom stereocenters. The van der Waals surface area contributed by atoms with Crippen LogP contribution in [0.25, 0.3) is 0 Å². The van der Waals surface area contributed by atoms with Crippen molar-refractivity contribution in [2.45, 2.75) is 19.0 Å². The Kier molecular flexibility index (Phi) is 5.46. The van der Waals surface area contributed by atoms with Crippen molar-refractivity contribution in [2.75, 3.05) is 6.54 Å². The summed E-state index contributed by atoms with van der Waals surface area (Å²) in [6, 6.07) is 5.48. The van der Waals surface area contributed by atoms with Crippen molar-refractivity contribution < 1.29 is 28.3 Å². The minimum Gasteiger partial charge on any atom is -0.479 e. The Balaban J connectivity index is 1.68. The molecule has 7 nitrogen and oxygen atoms in total. The van der Waals surface area contributed by atoms with E-state index in [4.69, 9.17) is 16.0 Å². The molecule has 0 spiro atoms. The van der Waals surface area contributed by atoms with Crippen LogP contribution in [0.2, 0.25) is 5.02 Å². The van der Waals surface area contributed by atoms with E-state index in [1.54, 1.807) is 12.1 Å². The first-order chi connectivity index (χ1) is 12.8. The number of hydrogen-bond donors (Lipinski definition) is 2. The third kappa shape index (κ3) is 4.28. The summed E-state index contributed by atoms with van der Waals surface area (Å²) >= 11 is 5.60. The Morgan fingerprint density at radius 2 is 2.19 bits per heavy atom. The fourth-order valence-corrected chi connectivity index (χ4v) is 3.05. The molecule has 0 bridgehead atoms.